The molecule has 1 aromatic carbocycles. The van der Waals surface area contributed by atoms with Gasteiger partial charge in [-0.3, -0.25) is 9.98 Å². The minimum atomic E-state index is 0.537. The summed E-state index contributed by atoms with van der Waals surface area (Å²) < 4.78 is 0. The molecule has 2 heteroatoms. The lowest BCUT2D eigenvalue weighted by Crippen LogP contribution is -2.25. The summed E-state index contributed by atoms with van der Waals surface area (Å²) in [5.41, 5.74) is 4.68. The van der Waals surface area contributed by atoms with Crippen molar-refractivity contribution in [3.63, 3.8) is 0 Å². The third kappa shape index (κ3) is 4.76. The molecule has 1 heterocycles. The van der Waals surface area contributed by atoms with Crippen LogP contribution < -0.4 is 10.4 Å². The number of hydrogen-bond donors (Lipinski definition) is 0. The summed E-state index contributed by atoms with van der Waals surface area (Å²) in [6.07, 6.45) is 11.2. The lowest BCUT2D eigenvalue weighted by Gasteiger charge is -2.14. The molecule has 0 saturated heterocycles. The molecule has 0 aliphatic rings. The molecule has 0 amide bonds. The van der Waals surface area contributed by atoms with Crippen molar-refractivity contribution in [1.29, 1.82) is 0 Å². The van der Waals surface area contributed by atoms with Crippen LogP contribution in [0.4, 0.5) is 0 Å². The monoisotopic (exact) mass is 332 g/mol. The van der Waals surface area contributed by atoms with Gasteiger partial charge in [-0.1, -0.05) is 50.6 Å². The van der Waals surface area contributed by atoms with Crippen LogP contribution in [0.2, 0.25) is 0 Å². The molecule has 1 aromatic heterocycles. The van der Waals surface area contributed by atoms with Gasteiger partial charge in [-0.15, -0.1) is 0 Å². The summed E-state index contributed by atoms with van der Waals surface area (Å²) in [5.74, 6) is 0.537. The maximum atomic E-state index is 4.31. The van der Waals surface area contributed by atoms with E-state index in [4.69, 9.17) is 0 Å². The summed E-state index contributed by atoms with van der Waals surface area (Å²) in [5, 5.41) is 2.19. The Labute approximate surface area is 151 Å². The van der Waals surface area contributed by atoms with Crippen LogP contribution in [-0.4, -0.2) is 11.7 Å². The molecule has 0 N–H and O–H groups in total. The zero-order valence-corrected chi connectivity index (χ0v) is 15.6. The van der Waals surface area contributed by atoms with E-state index >= 15 is 0 Å². The van der Waals surface area contributed by atoms with E-state index in [1.165, 1.54) is 24.0 Å². The highest BCUT2D eigenvalue weighted by atomic mass is 14.6. The van der Waals surface area contributed by atoms with Gasteiger partial charge in [0, 0.05) is 29.4 Å². The fourth-order valence-corrected chi connectivity index (χ4v) is 3.17. The molecule has 130 valence electrons. The van der Waals surface area contributed by atoms with Crippen LogP contribution in [0, 0.1) is 12.8 Å². The first-order valence-corrected chi connectivity index (χ1v) is 8.98. The van der Waals surface area contributed by atoms with Crippen molar-refractivity contribution in [3.05, 3.63) is 64.8 Å². The molecule has 2 nitrogen and oxygen atoms in total. The molecule has 0 fully saturated rings. The van der Waals surface area contributed by atoms with Gasteiger partial charge < -0.3 is 0 Å². The molecule has 0 aliphatic heterocycles. The van der Waals surface area contributed by atoms with Crippen molar-refractivity contribution in [1.82, 2.24) is 4.98 Å². The highest BCUT2D eigenvalue weighted by molar-refractivity contribution is 5.67. The smallest absolute Gasteiger partial charge is 0.0349 e. The first kappa shape index (κ1) is 18.9. The van der Waals surface area contributed by atoms with Crippen LogP contribution in [-0.2, 0) is 0 Å². The number of aliphatic imine (C=N–C) groups is 1. The summed E-state index contributed by atoms with van der Waals surface area (Å²) >= 11 is 0. The van der Waals surface area contributed by atoms with Crippen LogP contribution in [0.5, 0.6) is 0 Å². The number of nitrogens with zero attached hydrogens (tertiary/aromatic N) is 2. The second-order valence-corrected chi connectivity index (χ2v) is 6.46. The van der Waals surface area contributed by atoms with Crippen molar-refractivity contribution < 1.29 is 0 Å². The Kier molecular flexibility index (Phi) is 6.88. The van der Waals surface area contributed by atoms with Crippen LogP contribution in [0.25, 0.3) is 23.4 Å². The molecule has 0 aliphatic carbocycles. The normalized spacial score (nSPS) is 13.7. The average Bonchev–Trinajstić information content (AvgIpc) is 2.61. The molecule has 25 heavy (non-hydrogen) atoms. The van der Waals surface area contributed by atoms with E-state index in [1.807, 2.05) is 24.7 Å². The number of rotatable bonds is 7. The molecule has 0 bridgehead atoms. The third-order valence-corrected chi connectivity index (χ3v) is 4.66. The lowest BCUT2D eigenvalue weighted by atomic mass is 9.92. The van der Waals surface area contributed by atoms with Crippen molar-refractivity contribution in [2.24, 2.45) is 10.9 Å². The van der Waals surface area contributed by atoms with Gasteiger partial charge in [0.1, 0.15) is 0 Å². The van der Waals surface area contributed by atoms with E-state index in [0.717, 1.165) is 28.0 Å². The van der Waals surface area contributed by atoms with Gasteiger partial charge in [-0.25, -0.2) is 0 Å². The Morgan fingerprint density at radius 1 is 1.24 bits per heavy atom. The second-order valence-electron chi connectivity index (χ2n) is 6.46. The Morgan fingerprint density at radius 3 is 2.68 bits per heavy atom. The molecular weight excluding hydrogens is 304 g/mol. The molecule has 2 rings (SSSR count). The summed E-state index contributed by atoms with van der Waals surface area (Å²) in [7, 11) is 0. The molecule has 0 spiro atoms. The van der Waals surface area contributed by atoms with E-state index in [9.17, 15) is 0 Å². The van der Waals surface area contributed by atoms with E-state index < -0.39 is 0 Å². The van der Waals surface area contributed by atoms with Gasteiger partial charge in [0.25, 0.3) is 0 Å². The summed E-state index contributed by atoms with van der Waals surface area (Å²) in [6.45, 7) is 14.5. The first-order valence-electron chi connectivity index (χ1n) is 8.98. The quantitative estimate of drug-likeness (QED) is 0.677. The average molecular weight is 332 g/mol. The van der Waals surface area contributed by atoms with Crippen molar-refractivity contribution >= 4 is 19.0 Å². The summed E-state index contributed by atoms with van der Waals surface area (Å²) in [6, 6.07) is 8.47. The van der Waals surface area contributed by atoms with Gasteiger partial charge in [0.2, 0.25) is 0 Å². The van der Waals surface area contributed by atoms with Gasteiger partial charge in [0.15, 0.2) is 0 Å². The zero-order chi connectivity index (χ0) is 18.2. The van der Waals surface area contributed by atoms with Crippen LogP contribution in [0.1, 0.15) is 38.7 Å². The SMILES string of the molecule is C=N/C=c1/cc(-c2cnccc2C)cc/c1=C/C(=C)C(CC)CCC. The molecule has 1 unspecified atom stereocenters. The van der Waals surface area contributed by atoms with Gasteiger partial charge >= 0.3 is 0 Å². The molecule has 2 aromatic rings. The minimum absolute atomic E-state index is 0.537. The van der Waals surface area contributed by atoms with Gasteiger partial charge in [0.05, 0.1) is 0 Å². The fourth-order valence-electron chi connectivity index (χ4n) is 3.17. The molecule has 1 atom stereocenters. The number of hydrogen-bond acceptors (Lipinski definition) is 2. The zero-order valence-electron chi connectivity index (χ0n) is 15.6. The molecular formula is C23H28N2. The fraction of sp³-hybridized carbons (Fsp3) is 0.304. The maximum absolute atomic E-state index is 4.31. The Balaban J connectivity index is 2.52. The standard InChI is InChI=1S/C23H28N2/c1-6-8-19(7-2)18(4)13-20-9-10-21(14-22(20)15-24-5)23-16-25-12-11-17(23)3/h9-16,19H,4-8H2,1-3H3/b20-13-,22-15-. The van der Waals surface area contributed by atoms with Crippen molar-refractivity contribution in [3.8, 4) is 11.1 Å². The first-order chi connectivity index (χ1) is 12.1. The van der Waals surface area contributed by atoms with Gasteiger partial charge in [-0.05, 0) is 60.9 Å². The second kappa shape index (κ2) is 9.12. The largest absolute Gasteiger partial charge is 0.272 e. The van der Waals surface area contributed by atoms with Crippen molar-refractivity contribution in [2.75, 3.05) is 0 Å². The van der Waals surface area contributed by atoms with Crippen molar-refractivity contribution in [2.45, 2.75) is 40.0 Å². The predicted octanol–water partition coefficient (Wildman–Crippen LogP) is 4.66. The van der Waals surface area contributed by atoms with E-state index in [2.05, 4.69) is 68.3 Å². The Morgan fingerprint density at radius 2 is 2.04 bits per heavy atom. The molecule has 0 saturated carbocycles. The van der Waals surface area contributed by atoms with E-state index in [1.54, 1.807) is 0 Å². The summed E-state index contributed by atoms with van der Waals surface area (Å²) in [4.78, 5) is 8.25. The molecule has 0 radical (unpaired) electrons. The number of pyridine rings is 1. The van der Waals surface area contributed by atoms with Gasteiger partial charge in [-0.2, -0.15) is 0 Å². The van der Waals surface area contributed by atoms with E-state index in [0.29, 0.717) is 5.92 Å². The van der Waals surface area contributed by atoms with Crippen LogP contribution in [0.3, 0.4) is 0 Å². The highest BCUT2D eigenvalue weighted by Gasteiger charge is 2.07. The topological polar surface area (TPSA) is 25.2 Å². The number of benzene rings is 1. The lowest BCUT2D eigenvalue weighted by molar-refractivity contribution is 0.550. The maximum Gasteiger partial charge on any atom is 0.0349 e. The minimum Gasteiger partial charge on any atom is -0.272 e. The predicted molar refractivity (Wildman–Crippen MR) is 110 cm³/mol. The number of aromatic nitrogens is 1. The highest BCUT2D eigenvalue weighted by Crippen LogP contribution is 2.21. The van der Waals surface area contributed by atoms with Crippen LogP contribution in [0.15, 0.2) is 53.8 Å². The third-order valence-electron chi connectivity index (χ3n) is 4.66. The number of aryl methyl sites for hydroxylation is 1. The number of allylic oxidation sites excluding steroid dienone is 1. The van der Waals surface area contributed by atoms with Crippen LogP contribution >= 0.6 is 0 Å². The Bertz CT molecular complexity index is 862. The Hall–Kier alpha value is -2.48. The van der Waals surface area contributed by atoms with E-state index in [-0.39, 0.29) is 0 Å².